The first-order valence-corrected chi connectivity index (χ1v) is 12.1. The molecule has 1 fully saturated rings. The van der Waals surface area contributed by atoms with E-state index in [0.717, 1.165) is 0 Å². The molecule has 0 radical (unpaired) electrons. The summed E-state index contributed by atoms with van der Waals surface area (Å²) in [6.45, 7) is 2.75. The van der Waals surface area contributed by atoms with Crippen LogP contribution < -0.4 is 18.9 Å². The molecule has 0 spiro atoms. The zero-order valence-electron chi connectivity index (χ0n) is 19.3. The molecule has 1 aliphatic rings. The number of benzene rings is 2. The van der Waals surface area contributed by atoms with Crippen LogP contribution in [0.3, 0.4) is 0 Å². The summed E-state index contributed by atoms with van der Waals surface area (Å²) in [5, 5.41) is 9.04. The second kappa shape index (κ2) is 11.1. The van der Waals surface area contributed by atoms with E-state index in [0.29, 0.717) is 35.2 Å². The maximum Gasteiger partial charge on any atom is 0.260 e. The highest BCUT2D eigenvalue weighted by atomic mass is 32.2. The van der Waals surface area contributed by atoms with Crippen LogP contribution in [-0.2, 0) is 14.8 Å². The van der Waals surface area contributed by atoms with Crippen LogP contribution in [0.2, 0.25) is 0 Å². The minimum absolute atomic E-state index is 0.0949. The second-order valence-corrected chi connectivity index (χ2v) is 9.23. The summed E-state index contributed by atoms with van der Waals surface area (Å²) in [4.78, 5) is 14.3. The average molecular weight is 490 g/mol. The molecule has 0 saturated carbocycles. The Kier molecular flexibility index (Phi) is 8.20. The van der Waals surface area contributed by atoms with Crippen LogP contribution in [0, 0.1) is 11.3 Å². The first kappa shape index (κ1) is 25.1. The van der Waals surface area contributed by atoms with Crippen LogP contribution in [0.1, 0.15) is 12.5 Å². The van der Waals surface area contributed by atoms with Gasteiger partial charge in [0.1, 0.15) is 0 Å². The molecule has 3 rings (SSSR count). The maximum absolute atomic E-state index is 13.1. The standard InChI is InChI=1S/C23H27N3O7S/c1-4-32-22-13-17(15-24)5-7-20(22)33-16-23(27)25-9-11-26(12-10-25)34(28,29)18-6-8-19(30-2)21(14-18)31-3/h5-8,13-14H,4,9-12,16H2,1-3H3. The number of hydrogen-bond donors (Lipinski definition) is 0. The number of amides is 1. The number of rotatable bonds is 9. The number of methoxy groups -OCH3 is 2. The number of sulfonamides is 1. The third kappa shape index (κ3) is 5.52. The fourth-order valence-corrected chi connectivity index (χ4v) is 4.94. The SMILES string of the molecule is CCOc1cc(C#N)ccc1OCC(=O)N1CCN(S(=O)(=O)c2ccc(OC)c(OC)c2)CC1. The Morgan fingerprint density at radius 3 is 2.24 bits per heavy atom. The Hall–Kier alpha value is -3.49. The lowest BCUT2D eigenvalue weighted by Crippen LogP contribution is -2.51. The van der Waals surface area contributed by atoms with Crippen molar-refractivity contribution in [2.45, 2.75) is 11.8 Å². The van der Waals surface area contributed by atoms with Crippen molar-refractivity contribution in [3.63, 3.8) is 0 Å². The normalized spacial score (nSPS) is 14.2. The van der Waals surface area contributed by atoms with Gasteiger partial charge in [-0.15, -0.1) is 0 Å². The molecule has 11 heteroatoms. The molecule has 10 nitrogen and oxygen atoms in total. The van der Waals surface area contributed by atoms with Gasteiger partial charge in [0.25, 0.3) is 5.91 Å². The second-order valence-electron chi connectivity index (χ2n) is 7.30. The predicted octanol–water partition coefficient (Wildman–Crippen LogP) is 1.89. The minimum Gasteiger partial charge on any atom is -0.493 e. The van der Waals surface area contributed by atoms with Gasteiger partial charge >= 0.3 is 0 Å². The lowest BCUT2D eigenvalue weighted by molar-refractivity contribution is -0.134. The highest BCUT2D eigenvalue weighted by Gasteiger charge is 2.31. The fraction of sp³-hybridized carbons (Fsp3) is 0.391. The Labute approximate surface area is 199 Å². The lowest BCUT2D eigenvalue weighted by Gasteiger charge is -2.34. The van der Waals surface area contributed by atoms with Gasteiger partial charge in [-0.1, -0.05) is 0 Å². The smallest absolute Gasteiger partial charge is 0.260 e. The average Bonchev–Trinajstić information content (AvgIpc) is 2.87. The molecule has 34 heavy (non-hydrogen) atoms. The quantitative estimate of drug-likeness (QED) is 0.524. The van der Waals surface area contributed by atoms with Crippen LogP contribution in [-0.4, -0.2) is 77.1 Å². The van der Waals surface area contributed by atoms with E-state index < -0.39 is 10.0 Å². The Bertz CT molecular complexity index is 1170. The molecule has 0 aliphatic carbocycles. The fourth-order valence-electron chi connectivity index (χ4n) is 3.50. The van der Waals surface area contributed by atoms with Gasteiger partial charge in [0, 0.05) is 38.3 Å². The van der Waals surface area contributed by atoms with Crippen molar-refractivity contribution in [3.05, 3.63) is 42.0 Å². The summed E-state index contributed by atoms with van der Waals surface area (Å²) in [7, 11) is -0.839. The highest BCUT2D eigenvalue weighted by Crippen LogP contribution is 2.31. The van der Waals surface area contributed by atoms with Gasteiger partial charge in [0.2, 0.25) is 10.0 Å². The van der Waals surface area contributed by atoms with Crippen LogP contribution >= 0.6 is 0 Å². The minimum atomic E-state index is -3.76. The molecule has 1 aliphatic heterocycles. The molecule has 2 aromatic carbocycles. The number of nitrogens with zero attached hydrogens (tertiary/aromatic N) is 3. The summed E-state index contributed by atoms with van der Waals surface area (Å²) in [6.07, 6.45) is 0. The molecule has 1 saturated heterocycles. The van der Waals surface area contributed by atoms with Crippen molar-refractivity contribution in [1.29, 1.82) is 5.26 Å². The van der Waals surface area contributed by atoms with Gasteiger partial charge in [-0.05, 0) is 31.2 Å². The van der Waals surface area contributed by atoms with E-state index >= 15 is 0 Å². The van der Waals surface area contributed by atoms with Crippen molar-refractivity contribution < 1.29 is 32.2 Å². The van der Waals surface area contributed by atoms with Gasteiger partial charge in [-0.25, -0.2) is 8.42 Å². The third-order valence-corrected chi connectivity index (χ3v) is 7.20. The van der Waals surface area contributed by atoms with Crippen molar-refractivity contribution in [2.75, 3.05) is 53.6 Å². The molecule has 0 unspecified atom stereocenters. The highest BCUT2D eigenvalue weighted by molar-refractivity contribution is 7.89. The molecular weight excluding hydrogens is 462 g/mol. The summed E-state index contributed by atoms with van der Waals surface area (Å²) in [5.74, 6) is 1.24. The summed E-state index contributed by atoms with van der Waals surface area (Å²) < 4.78 is 49.0. The van der Waals surface area contributed by atoms with Crippen molar-refractivity contribution in [2.24, 2.45) is 0 Å². The number of ether oxygens (including phenoxy) is 4. The van der Waals surface area contributed by atoms with Gasteiger partial charge in [0.15, 0.2) is 29.6 Å². The largest absolute Gasteiger partial charge is 0.493 e. The van der Waals surface area contributed by atoms with Crippen molar-refractivity contribution in [1.82, 2.24) is 9.21 Å². The van der Waals surface area contributed by atoms with E-state index in [2.05, 4.69) is 0 Å². The van der Waals surface area contributed by atoms with E-state index in [1.54, 1.807) is 29.2 Å². The summed E-state index contributed by atoms with van der Waals surface area (Å²) >= 11 is 0. The van der Waals surface area contributed by atoms with E-state index in [1.807, 2.05) is 13.0 Å². The molecule has 0 N–H and O–H groups in total. The molecule has 0 aromatic heterocycles. The number of piperazine rings is 1. The van der Waals surface area contributed by atoms with Crippen LogP contribution in [0.25, 0.3) is 0 Å². The zero-order chi connectivity index (χ0) is 24.7. The predicted molar refractivity (Wildman–Crippen MR) is 123 cm³/mol. The Morgan fingerprint density at radius 1 is 0.941 bits per heavy atom. The van der Waals surface area contributed by atoms with Crippen molar-refractivity contribution >= 4 is 15.9 Å². The third-order valence-electron chi connectivity index (χ3n) is 5.31. The number of nitriles is 1. The maximum atomic E-state index is 13.1. The molecule has 1 heterocycles. The van der Waals surface area contributed by atoms with E-state index in [4.69, 9.17) is 24.2 Å². The van der Waals surface area contributed by atoms with E-state index in [9.17, 15) is 13.2 Å². The summed E-state index contributed by atoms with van der Waals surface area (Å²) in [6, 6.07) is 11.2. The molecule has 182 valence electrons. The van der Waals surface area contributed by atoms with Gasteiger partial charge in [-0.2, -0.15) is 9.57 Å². The van der Waals surface area contributed by atoms with Gasteiger partial charge in [-0.3, -0.25) is 4.79 Å². The molecule has 1 amide bonds. The number of carbonyl (C=O) groups excluding carboxylic acids is 1. The Balaban J connectivity index is 1.60. The lowest BCUT2D eigenvalue weighted by atomic mass is 10.2. The first-order valence-electron chi connectivity index (χ1n) is 10.6. The number of carbonyl (C=O) groups is 1. The topological polar surface area (TPSA) is 118 Å². The van der Waals surface area contributed by atoms with Gasteiger partial charge in [0.05, 0.1) is 37.4 Å². The van der Waals surface area contributed by atoms with E-state index in [1.165, 1.54) is 30.7 Å². The van der Waals surface area contributed by atoms with Crippen LogP contribution in [0.4, 0.5) is 0 Å². The number of hydrogen-bond acceptors (Lipinski definition) is 8. The van der Waals surface area contributed by atoms with Gasteiger partial charge < -0.3 is 23.8 Å². The summed E-state index contributed by atoms with van der Waals surface area (Å²) in [5.41, 5.74) is 0.425. The van der Waals surface area contributed by atoms with Crippen LogP contribution in [0.15, 0.2) is 41.3 Å². The zero-order valence-corrected chi connectivity index (χ0v) is 20.1. The Morgan fingerprint density at radius 2 is 1.62 bits per heavy atom. The molecular formula is C23H27N3O7S. The first-order chi connectivity index (χ1) is 16.3. The van der Waals surface area contributed by atoms with Crippen molar-refractivity contribution in [3.8, 4) is 29.1 Å². The monoisotopic (exact) mass is 489 g/mol. The van der Waals surface area contributed by atoms with E-state index in [-0.39, 0.29) is 43.6 Å². The molecule has 2 aromatic rings. The molecule has 0 bridgehead atoms. The van der Waals surface area contributed by atoms with Crippen LogP contribution in [0.5, 0.6) is 23.0 Å². The molecule has 0 atom stereocenters.